The van der Waals surface area contributed by atoms with Crippen molar-refractivity contribution in [3.8, 4) is 6.07 Å². The number of benzene rings is 1. The molecule has 0 unspecified atom stereocenters. The minimum atomic E-state index is -3.54. The third-order valence-electron chi connectivity index (χ3n) is 2.39. The molecule has 1 aromatic rings. The molecule has 1 rings (SSSR count). The van der Waals surface area contributed by atoms with Crippen LogP contribution in [0.25, 0.3) is 0 Å². The van der Waals surface area contributed by atoms with Gasteiger partial charge in [-0.05, 0) is 24.1 Å². The summed E-state index contributed by atoms with van der Waals surface area (Å²) in [4.78, 5) is 0.106. The van der Waals surface area contributed by atoms with E-state index in [1.807, 2.05) is 19.9 Å². The summed E-state index contributed by atoms with van der Waals surface area (Å²) in [6.45, 7) is 4.31. The maximum atomic E-state index is 12.2. The number of nitrogens with zero attached hydrogens (tertiary/aromatic N) is 2. The standard InChI is InChI=1S/C12H15ClN2O2S/c1-9(2)8-15(3)18(16,17)11-5-4-10(7-14)12(13)6-11/h4-6,9H,8H2,1-3H3. The number of halogens is 1. The Labute approximate surface area is 113 Å². The van der Waals surface area contributed by atoms with Crippen LogP contribution in [-0.4, -0.2) is 26.3 Å². The molecule has 0 amide bonds. The van der Waals surface area contributed by atoms with E-state index >= 15 is 0 Å². The lowest BCUT2D eigenvalue weighted by molar-refractivity contribution is 0.417. The van der Waals surface area contributed by atoms with Crippen LogP contribution in [0.3, 0.4) is 0 Å². The summed E-state index contributed by atoms with van der Waals surface area (Å²) in [5, 5.41) is 8.90. The third kappa shape index (κ3) is 3.22. The van der Waals surface area contributed by atoms with Crippen LogP contribution in [0.1, 0.15) is 19.4 Å². The van der Waals surface area contributed by atoms with Crippen molar-refractivity contribution in [3.63, 3.8) is 0 Å². The number of rotatable bonds is 4. The van der Waals surface area contributed by atoms with Gasteiger partial charge in [0, 0.05) is 13.6 Å². The second-order valence-electron chi connectivity index (χ2n) is 4.43. The Morgan fingerprint density at radius 3 is 2.50 bits per heavy atom. The highest BCUT2D eigenvalue weighted by Gasteiger charge is 2.22. The fourth-order valence-corrected chi connectivity index (χ4v) is 3.19. The maximum Gasteiger partial charge on any atom is 0.242 e. The molecule has 0 radical (unpaired) electrons. The zero-order chi connectivity index (χ0) is 13.9. The molecule has 6 heteroatoms. The van der Waals surface area contributed by atoms with Gasteiger partial charge < -0.3 is 0 Å². The van der Waals surface area contributed by atoms with Crippen LogP contribution in [0.4, 0.5) is 0 Å². The van der Waals surface area contributed by atoms with Gasteiger partial charge in [0.2, 0.25) is 10.0 Å². The zero-order valence-electron chi connectivity index (χ0n) is 10.5. The minimum Gasteiger partial charge on any atom is -0.207 e. The highest BCUT2D eigenvalue weighted by atomic mass is 35.5. The smallest absolute Gasteiger partial charge is 0.207 e. The first-order chi connectivity index (χ1) is 8.28. The van der Waals surface area contributed by atoms with Crippen LogP contribution >= 0.6 is 11.6 Å². The first kappa shape index (κ1) is 15.0. The van der Waals surface area contributed by atoms with Gasteiger partial charge in [-0.15, -0.1) is 0 Å². The van der Waals surface area contributed by atoms with Crippen molar-refractivity contribution < 1.29 is 8.42 Å². The van der Waals surface area contributed by atoms with E-state index in [-0.39, 0.29) is 21.4 Å². The lowest BCUT2D eigenvalue weighted by Crippen LogP contribution is -2.30. The van der Waals surface area contributed by atoms with Crippen LogP contribution < -0.4 is 0 Å². The number of sulfonamides is 1. The lowest BCUT2D eigenvalue weighted by Gasteiger charge is -2.19. The number of hydrogen-bond acceptors (Lipinski definition) is 3. The molecular weight excluding hydrogens is 272 g/mol. The zero-order valence-corrected chi connectivity index (χ0v) is 12.1. The molecule has 0 fully saturated rings. The Morgan fingerprint density at radius 2 is 2.06 bits per heavy atom. The highest BCUT2D eigenvalue weighted by Crippen LogP contribution is 2.22. The third-order valence-corrected chi connectivity index (χ3v) is 4.52. The van der Waals surface area contributed by atoms with Gasteiger partial charge in [-0.3, -0.25) is 0 Å². The van der Waals surface area contributed by atoms with E-state index in [1.165, 1.54) is 29.6 Å². The van der Waals surface area contributed by atoms with E-state index in [9.17, 15) is 8.42 Å². The molecule has 1 aromatic carbocycles. The van der Waals surface area contributed by atoms with Gasteiger partial charge in [0.15, 0.2) is 0 Å². The van der Waals surface area contributed by atoms with Crippen LogP contribution in [0.2, 0.25) is 5.02 Å². The molecule has 98 valence electrons. The molecule has 18 heavy (non-hydrogen) atoms. The van der Waals surface area contributed by atoms with Gasteiger partial charge in [0.25, 0.3) is 0 Å². The topological polar surface area (TPSA) is 61.2 Å². The average molecular weight is 287 g/mol. The predicted molar refractivity (Wildman–Crippen MR) is 70.8 cm³/mol. The fourth-order valence-electron chi connectivity index (χ4n) is 1.54. The van der Waals surface area contributed by atoms with Gasteiger partial charge in [0.1, 0.15) is 6.07 Å². The van der Waals surface area contributed by atoms with Crippen molar-refractivity contribution in [2.75, 3.05) is 13.6 Å². The predicted octanol–water partition coefficient (Wildman–Crippen LogP) is 2.49. The quantitative estimate of drug-likeness (QED) is 0.854. The summed E-state index contributed by atoms with van der Waals surface area (Å²) in [5.74, 6) is 0.235. The largest absolute Gasteiger partial charge is 0.242 e. The van der Waals surface area contributed by atoms with Crippen molar-refractivity contribution in [1.82, 2.24) is 4.31 Å². The van der Waals surface area contributed by atoms with Crippen molar-refractivity contribution in [2.24, 2.45) is 5.92 Å². The van der Waals surface area contributed by atoms with Gasteiger partial charge in [-0.25, -0.2) is 12.7 Å². The van der Waals surface area contributed by atoms with Crippen molar-refractivity contribution in [3.05, 3.63) is 28.8 Å². The molecule has 0 aliphatic rings. The minimum absolute atomic E-state index is 0.106. The Bertz CT molecular complexity index is 576. The second-order valence-corrected chi connectivity index (χ2v) is 6.88. The van der Waals surface area contributed by atoms with Gasteiger partial charge >= 0.3 is 0 Å². The van der Waals surface area contributed by atoms with E-state index in [0.29, 0.717) is 6.54 Å². The van der Waals surface area contributed by atoms with E-state index < -0.39 is 10.0 Å². The SMILES string of the molecule is CC(C)CN(C)S(=O)(=O)c1ccc(C#N)c(Cl)c1. The van der Waals surface area contributed by atoms with Crippen molar-refractivity contribution in [2.45, 2.75) is 18.7 Å². The molecule has 0 bridgehead atoms. The summed E-state index contributed by atoms with van der Waals surface area (Å²) >= 11 is 5.84. The maximum absolute atomic E-state index is 12.2. The molecule has 0 N–H and O–H groups in total. The molecule has 0 aliphatic heterocycles. The Balaban J connectivity index is 3.14. The number of hydrogen-bond donors (Lipinski definition) is 0. The average Bonchev–Trinajstić information content (AvgIpc) is 2.27. The van der Waals surface area contributed by atoms with E-state index in [4.69, 9.17) is 16.9 Å². The summed E-state index contributed by atoms with van der Waals surface area (Å²) in [6.07, 6.45) is 0. The first-order valence-electron chi connectivity index (χ1n) is 5.45. The summed E-state index contributed by atoms with van der Waals surface area (Å²) < 4.78 is 25.7. The van der Waals surface area contributed by atoms with Crippen LogP contribution in [-0.2, 0) is 10.0 Å². The Hall–Kier alpha value is -1.09. The van der Waals surface area contributed by atoms with Crippen LogP contribution in [0.15, 0.2) is 23.1 Å². The van der Waals surface area contributed by atoms with Gasteiger partial charge in [-0.1, -0.05) is 25.4 Å². The van der Waals surface area contributed by atoms with Gasteiger partial charge in [0.05, 0.1) is 15.5 Å². The fraction of sp³-hybridized carbons (Fsp3) is 0.417. The molecule has 0 aromatic heterocycles. The van der Waals surface area contributed by atoms with E-state index in [1.54, 1.807) is 0 Å². The van der Waals surface area contributed by atoms with Crippen LogP contribution in [0, 0.1) is 17.2 Å². The Morgan fingerprint density at radius 1 is 1.44 bits per heavy atom. The van der Waals surface area contributed by atoms with Crippen molar-refractivity contribution >= 4 is 21.6 Å². The first-order valence-corrected chi connectivity index (χ1v) is 7.27. The highest BCUT2D eigenvalue weighted by molar-refractivity contribution is 7.89. The molecule has 0 heterocycles. The summed E-state index contributed by atoms with van der Waals surface area (Å²) in [6, 6.07) is 6.02. The molecule has 0 atom stereocenters. The van der Waals surface area contributed by atoms with Gasteiger partial charge in [-0.2, -0.15) is 5.26 Å². The summed E-state index contributed by atoms with van der Waals surface area (Å²) in [7, 11) is -2.01. The monoisotopic (exact) mass is 286 g/mol. The van der Waals surface area contributed by atoms with E-state index in [0.717, 1.165) is 0 Å². The Kier molecular flexibility index (Phi) is 4.74. The van der Waals surface area contributed by atoms with Crippen LogP contribution in [0.5, 0.6) is 0 Å². The molecular formula is C12H15ClN2O2S. The molecule has 4 nitrogen and oxygen atoms in total. The molecule has 0 saturated heterocycles. The molecule has 0 aliphatic carbocycles. The summed E-state index contributed by atoms with van der Waals surface area (Å²) in [5.41, 5.74) is 0.266. The molecule has 0 saturated carbocycles. The van der Waals surface area contributed by atoms with Crippen molar-refractivity contribution in [1.29, 1.82) is 5.26 Å². The molecule has 0 spiro atoms. The normalized spacial score (nSPS) is 11.8. The van der Waals surface area contributed by atoms with E-state index in [2.05, 4.69) is 0 Å². The lowest BCUT2D eigenvalue weighted by atomic mass is 10.2. The number of nitriles is 1. The second kappa shape index (κ2) is 5.70.